The van der Waals surface area contributed by atoms with E-state index in [1.54, 1.807) is 0 Å². The van der Waals surface area contributed by atoms with E-state index in [1.165, 1.54) is 25.8 Å². The molecule has 0 aromatic rings. The fourth-order valence-corrected chi connectivity index (χ4v) is 2.17. The van der Waals surface area contributed by atoms with E-state index >= 15 is 0 Å². The lowest BCUT2D eigenvalue weighted by Crippen LogP contribution is -2.50. The molecule has 1 aliphatic rings. The van der Waals surface area contributed by atoms with Gasteiger partial charge in [-0.3, -0.25) is 0 Å². The minimum atomic E-state index is 0.231. The van der Waals surface area contributed by atoms with Crippen LogP contribution in [0.25, 0.3) is 0 Å². The molecule has 2 nitrogen and oxygen atoms in total. The average Bonchev–Trinajstić information content (AvgIpc) is 2.00. The molecule has 14 heavy (non-hydrogen) atoms. The van der Waals surface area contributed by atoms with Crippen LogP contribution in [0.3, 0.4) is 0 Å². The van der Waals surface area contributed by atoms with Crippen LogP contribution in [0.2, 0.25) is 0 Å². The molecule has 0 saturated heterocycles. The highest BCUT2D eigenvalue weighted by molar-refractivity contribution is 4.87. The van der Waals surface area contributed by atoms with Gasteiger partial charge in [-0.05, 0) is 38.6 Å². The molecular weight excluding hydrogens is 172 g/mol. The van der Waals surface area contributed by atoms with Gasteiger partial charge in [-0.25, -0.2) is 0 Å². The second-order valence-electron chi connectivity index (χ2n) is 5.68. The highest BCUT2D eigenvalue weighted by Gasteiger charge is 2.31. The van der Waals surface area contributed by atoms with Gasteiger partial charge in [-0.2, -0.15) is 0 Å². The molecule has 0 spiro atoms. The first-order chi connectivity index (χ1) is 6.47. The Morgan fingerprint density at radius 2 is 1.93 bits per heavy atom. The van der Waals surface area contributed by atoms with Crippen LogP contribution in [-0.4, -0.2) is 25.2 Å². The van der Waals surface area contributed by atoms with Crippen molar-refractivity contribution in [1.82, 2.24) is 10.6 Å². The fourth-order valence-electron chi connectivity index (χ4n) is 2.17. The summed E-state index contributed by atoms with van der Waals surface area (Å²) in [5.41, 5.74) is 0.831. The summed E-state index contributed by atoms with van der Waals surface area (Å²) in [6, 6.07) is 0. The van der Waals surface area contributed by atoms with Crippen LogP contribution in [0.15, 0.2) is 0 Å². The molecule has 0 radical (unpaired) electrons. The van der Waals surface area contributed by atoms with Crippen molar-refractivity contribution in [3.05, 3.63) is 0 Å². The van der Waals surface area contributed by atoms with Gasteiger partial charge in [0, 0.05) is 18.6 Å². The predicted molar refractivity (Wildman–Crippen MR) is 62.6 cm³/mol. The Hall–Kier alpha value is -0.0800. The number of rotatable bonds is 6. The van der Waals surface area contributed by atoms with E-state index in [4.69, 9.17) is 0 Å². The SMILES string of the molecule is CCNC(C)(C)CNCC1(C)CCC1. The van der Waals surface area contributed by atoms with Gasteiger partial charge in [0.2, 0.25) is 0 Å². The Morgan fingerprint density at radius 3 is 2.36 bits per heavy atom. The second kappa shape index (κ2) is 4.63. The zero-order chi connectivity index (χ0) is 10.7. The Kier molecular flexibility index (Phi) is 3.96. The molecule has 0 aromatic heterocycles. The average molecular weight is 198 g/mol. The van der Waals surface area contributed by atoms with Crippen molar-refractivity contribution in [1.29, 1.82) is 0 Å². The van der Waals surface area contributed by atoms with Crippen LogP contribution in [-0.2, 0) is 0 Å². The molecule has 84 valence electrons. The first-order valence-electron chi connectivity index (χ1n) is 5.93. The molecule has 0 aromatic carbocycles. The lowest BCUT2D eigenvalue weighted by molar-refractivity contribution is 0.152. The number of hydrogen-bond donors (Lipinski definition) is 2. The van der Waals surface area contributed by atoms with Gasteiger partial charge in [0.25, 0.3) is 0 Å². The molecule has 1 saturated carbocycles. The highest BCUT2D eigenvalue weighted by atomic mass is 15.0. The van der Waals surface area contributed by atoms with Crippen molar-refractivity contribution in [3.63, 3.8) is 0 Å². The van der Waals surface area contributed by atoms with Gasteiger partial charge in [0.05, 0.1) is 0 Å². The second-order valence-corrected chi connectivity index (χ2v) is 5.68. The summed E-state index contributed by atoms with van der Waals surface area (Å²) in [4.78, 5) is 0. The van der Waals surface area contributed by atoms with Gasteiger partial charge in [0.15, 0.2) is 0 Å². The Balaban J connectivity index is 2.13. The normalized spacial score (nSPS) is 20.6. The van der Waals surface area contributed by atoms with Gasteiger partial charge in [-0.15, -0.1) is 0 Å². The summed E-state index contributed by atoms with van der Waals surface area (Å²) < 4.78 is 0. The molecule has 0 atom stereocenters. The molecule has 0 amide bonds. The van der Waals surface area contributed by atoms with E-state index in [9.17, 15) is 0 Å². The monoisotopic (exact) mass is 198 g/mol. The summed E-state index contributed by atoms with van der Waals surface area (Å²) in [6.45, 7) is 12.4. The first-order valence-corrected chi connectivity index (χ1v) is 5.93. The maximum Gasteiger partial charge on any atom is 0.0249 e. The Labute approximate surface area is 88.8 Å². The molecule has 0 aliphatic heterocycles. The number of hydrogen-bond acceptors (Lipinski definition) is 2. The lowest BCUT2D eigenvalue weighted by Gasteiger charge is -2.39. The molecule has 0 bridgehead atoms. The number of likely N-dealkylation sites (N-methyl/N-ethyl adjacent to an activating group) is 1. The summed E-state index contributed by atoms with van der Waals surface area (Å²) in [7, 11) is 0. The van der Waals surface area contributed by atoms with E-state index in [2.05, 4.69) is 38.3 Å². The third-order valence-corrected chi connectivity index (χ3v) is 3.33. The standard InChI is InChI=1S/C12H26N2/c1-5-14-11(2,3)9-13-10-12(4)7-6-8-12/h13-14H,5-10H2,1-4H3. The molecule has 0 unspecified atom stereocenters. The lowest BCUT2D eigenvalue weighted by atomic mass is 9.70. The number of nitrogens with one attached hydrogen (secondary N) is 2. The van der Waals surface area contributed by atoms with Gasteiger partial charge in [0.1, 0.15) is 0 Å². The molecule has 1 rings (SSSR count). The molecule has 1 fully saturated rings. The zero-order valence-corrected chi connectivity index (χ0v) is 10.2. The van der Waals surface area contributed by atoms with Crippen molar-refractivity contribution in [2.24, 2.45) is 5.41 Å². The smallest absolute Gasteiger partial charge is 0.0249 e. The van der Waals surface area contributed by atoms with E-state index in [1.807, 2.05) is 0 Å². The maximum atomic E-state index is 3.59. The van der Waals surface area contributed by atoms with Crippen LogP contribution >= 0.6 is 0 Å². The third kappa shape index (κ3) is 3.58. The molecule has 2 N–H and O–H groups in total. The summed E-state index contributed by atoms with van der Waals surface area (Å²) in [5.74, 6) is 0. The minimum Gasteiger partial charge on any atom is -0.314 e. The van der Waals surface area contributed by atoms with Gasteiger partial charge >= 0.3 is 0 Å². The summed E-state index contributed by atoms with van der Waals surface area (Å²) in [5, 5.41) is 7.07. The largest absolute Gasteiger partial charge is 0.314 e. The van der Waals surface area contributed by atoms with Crippen LogP contribution < -0.4 is 10.6 Å². The molecule has 2 heteroatoms. The van der Waals surface area contributed by atoms with Crippen LogP contribution in [0.4, 0.5) is 0 Å². The zero-order valence-electron chi connectivity index (χ0n) is 10.2. The van der Waals surface area contributed by atoms with Crippen LogP contribution in [0.5, 0.6) is 0 Å². The van der Waals surface area contributed by atoms with Gasteiger partial charge < -0.3 is 10.6 Å². The van der Waals surface area contributed by atoms with Crippen LogP contribution in [0, 0.1) is 5.41 Å². The molecular formula is C12H26N2. The van der Waals surface area contributed by atoms with Crippen molar-refractivity contribution < 1.29 is 0 Å². The first kappa shape index (κ1) is 12.0. The van der Waals surface area contributed by atoms with Gasteiger partial charge in [-0.1, -0.05) is 20.3 Å². The van der Waals surface area contributed by atoms with Crippen LogP contribution in [0.1, 0.15) is 47.0 Å². The molecule has 1 aliphatic carbocycles. The predicted octanol–water partition coefficient (Wildman–Crippen LogP) is 2.15. The van der Waals surface area contributed by atoms with Crippen molar-refractivity contribution in [3.8, 4) is 0 Å². The van der Waals surface area contributed by atoms with Crippen molar-refractivity contribution in [2.75, 3.05) is 19.6 Å². The Bertz CT molecular complexity index is 171. The van der Waals surface area contributed by atoms with Crippen molar-refractivity contribution in [2.45, 2.75) is 52.5 Å². The fraction of sp³-hybridized carbons (Fsp3) is 1.00. The highest BCUT2D eigenvalue weighted by Crippen LogP contribution is 2.39. The third-order valence-electron chi connectivity index (χ3n) is 3.33. The maximum absolute atomic E-state index is 3.59. The van der Waals surface area contributed by atoms with E-state index < -0.39 is 0 Å². The summed E-state index contributed by atoms with van der Waals surface area (Å²) >= 11 is 0. The van der Waals surface area contributed by atoms with Crippen molar-refractivity contribution >= 4 is 0 Å². The quantitative estimate of drug-likeness (QED) is 0.683. The summed E-state index contributed by atoms with van der Waals surface area (Å²) in [6.07, 6.45) is 4.23. The topological polar surface area (TPSA) is 24.1 Å². The minimum absolute atomic E-state index is 0.231. The Morgan fingerprint density at radius 1 is 1.29 bits per heavy atom. The van der Waals surface area contributed by atoms with E-state index in [-0.39, 0.29) is 5.54 Å². The molecule has 0 heterocycles. The van der Waals surface area contributed by atoms with E-state index in [0.717, 1.165) is 13.1 Å². The van der Waals surface area contributed by atoms with E-state index in [0.29, 0.717) is 5.41 Å².